The minimum atomic E-state index is -1.64. The minimum Gasteiger partial charge on any atom is -0.497 e. The number of hydrogen-bond acceptors (Lipinski definition) is 7. The Morgan fingerprint density at radius 1 is 1.11 bits per heavy atom. The molecule has 1 aromatic rings. The molecule has 1 aromatic carbocycles. The van der Waals surface area contributed by atoms with Crippen LogP contribution in [-0.4, -0.2) is 25.7 Å². The second-order valence-electron chi connectivity index (χ2n) is 6.36. The Balaban J connectivity index is 2.34. The van der Waals surface area contributed by atoms with Gasteiger partial charge in [-0.05, 0) is 23.3 Å². The van der Waals surface area contributed by atoms with Gasteiger partial charge in [0, 0.05) is 29.4 Å². The maximum atomic E-state index is 10.0. The van der Waals surface area contributed by atoms with Crippen molar-refractivity contribution >= 4 is 11.8 Å². The summed E-state index contributed by atoms with van der Waals surface area (Å²) in [5.41, 5.74) is 6.46. The molecule has 2 atom stereocenters. The standard InChI is InChI=1S/C20H18N4O2S/c1-25-13-5-12(6-14(7-13)26-2)18-17-9-27-4-3-15(17)16(8-21)19(24)20(18,10-22)11-23/h3,5-7,17-18H,4,9,24H2,1-2H3. The van der Waals surface area contributed by atoms with Gasteiger partial charge in [0.05, 0.1) is 37.6 Å². The van der Waals surface area contributed by atoms with Gasteiger partial charge < -0.3 is 15.2 Å². The third kappa shape index (κ3) is 2.79. The molecule has 27 heavy (non-hydrogen) atoms. The van der Waals surface area contributed by atoms with Crippen LogP contribution < -0.4 is 15.2 Å². The maximum absolute atomic E-state index is 10.0. The SMILES string of the molecule is COc1cc(OC)cc(C2C3CSCC=C3C(C#N)=C(N)C2(C#N)C#N)c1. The van der Waals surface area contributed by atoms with E-state index >= 15 is 0 Å². The number of ether oxygens (including phenoxy) is 2. The number of methoxy groups -OCH3 is 2. The van der Waals surface area contributed by atoms with Crippen LogP contribution in [0.15, 0.2) is 41.1 Å². The van der Waals surface area contributed by atoms with E-state index in [4.69, 9.17) is 15.2 Å². The van der Waals surface area contributed by atoms with Crippen LogP contribution in [0.3, 0.4) is 0 Å². The van der Waals surface area contributed by atoms with Crippen molar-refractivity contribution in [2.45, 2.75) is 5.92 Å². The van der Waals surface area contributed by atoms with Crippen LogP contribution in [0.2, 0.25) is 0 Å². The molecule has 0 radical (unpaired) electrons. The van der Waals surface area contributed by atoms with Crippen molar-refractivity contribution in [3.8, 4) is 29.7 Å². The van der Waals surface area contributed by atoms with E-state index in [1.54, 1.807) is 44.2 Å². The molecule has 1 aliphatic heterocycles. The second-order valence-corrected chi connectivity index (χ2v) is 7.43. The van der Waals surface area contributed by atoms with E-state index in [2.05, 4.69) is 18.2 Å². The average Bonchev–Trinajstić information content (AvgIpc) is 2.72. The maximum Gasteiger partial charge on any atom is 0.191 e. The predicted molar refractivity (Wildman–Crippen MR) is 102 cm³/mol. The average molecular weight is 378 g/mol. The Morgan fingerprint density at radius 3 is 2.26 bits per heavy atom. The summed E-state index contributed by atoms with van der Waals surface area (Å²) in [6.07, 6.45) is 1.98. The third-order valence-electron chi connectivity index (χ3n) is 5.17. The zero-order chi connectivity index (χ0) is 19.6. The minimum absolute atomic E-state index is 0.0242. The molecular weight excluding hydrogens is 360 g/mol. The summed E-state index contributed by atoms with van der Waals surface area (Å²) in [7, 11) is 3.09. The summed E-state index contributed by atoms with van der Waals surface area (Å²) < 4.78 is 10.7. The van der Waals surface area contributed by atoms with Gasteiger partial charge in [0.2, 0.25) is 0 Å². The molecule has 0 amide bonds. The molecule has 0 bridgehead atoms. The van der Waals surface area contributed by atoms with Gasteiger partial charge in [0.25, 0.3) is 0 Å². The molecule has 0 saturated heterocycles. The lowest BCUT2D eigenvalue weighted by atomic mass is 9.59. The van der Waals surface area contributed by atoms with Crippen molar-refractivity contribution in [2.24, 2.45) is 17.1 Å². The fourth-order valence-electron chi connectivity index (χ4n) is 3.87. The highest BCUT2D eigenvalue weighted by atomic mass is 32.2. The Hall–Kier alpha value is -3.08. The molecule has 0 fully saturated rings. The number of hydrogen-bond donors (Lipinski definition) is 1. The van der Waals surface area contributed by atoms with E-state index in [-0.39, 0.29) is 17.2 Å². The summed E-state index contributed by atoms with van der Waals surface area (Å²) in [4.78, 5) is 0. The summed E-state index contributed by atoms with van der Waals surface area (Å²) in [5.74, 6) is 1.88. The van der Waals surface area contributed by atoms with E-state index in [1.807, 2.05) is 6.08 Å². The molecule has 136 valence electrons. The highest BCUT2D eigenvalue weighted by Crippen LogP contribution is 2.55. The van der Waals surface area contributed by atoms with Gasteiger partial charge in [-0.15, -0.1) is 0 Å². The summed E-state index contributed by atoms with van der Waals surface area (Å²) in [6.45, 7) is 0. The number of benzene rings is 1. The zero-order valence-electron chi connectivity index (χ0n) is 15.0. The first-order chi connectivity index (χ1) is 13.1. The quantitative estimate of drug-likeness (QED) is 0.859. The van der Waals surface area contributed by atoms with Crippen LogP contribution in [0, 0.1) is 45.3 Å². The molecule has 2 unspecified atom stereocenters. The van der Waals surface area contributed by atoms with Crippen molar-refractivity contribution in [3.05, 3.63) is 46.7 Å². The number of thioether (sulfide) groups is 1. The number of nitrogens with two attached hydrogens (primary N) is 1. The van der Waals surface area contributed by atoms with E-state index in [0.29, 0.717) is 17.3 Å². The van der Waals surface area contributed by atoms with Gasteiger partial charge >= 0.3 is 0 Å². The molecule has 1 aliphatic carbocycles. The van der Waals surface area contributed by atoms with E-state index in [0.717, 1.165) is 16.9 Å². The van der Waals surface area contributed by atoms with E-state index < -0.39 is 11.3 Å². The Kier molecular flexibility index (Phi) is 5.04. The normalized spacial score (nSPS) is 23.1. The molecule has 0 saturated carbocycles. The van der Waals surface area contributed by atoms with Crippen LogP contribution in [0.25, 0.3) is 0 Å². The summed E-state index contributed by atoms with van der Waals surface area (Å²) in [6, 6.07) is 11.7. The molecule has 2 aliphatic rings. The first-order valence-corrected chi connectivity index (χ1v) is 9.45. The van der Waals surface area contributed by atoms with Crippen molar-refractivity contribution < 1.29 is 9.47 Å². The fourth-order valence-corrected chi connectivity index (χ4v) is 4.93. The molecular formula is C20H18N4O2S. The third-order valence-corrected chi connectivity index (χ3v) is 6.16. The number of rotatable bonds is 3. The largest absolute Gasteiger partial charge is 0.497 e. The first kappa shape index (κ1) is 18.7. The van der Waals surface area contributed by atoms with Crippen molar-refractivity contribution in [1.29, 1.82) is 15.8 Å². The van der Waals surface area contributed by atoms with Gasteiger partial charge in [-0.1, -0.05) is 6.08 Å². The molecule has 2 N–H and O–H groups in total. The Morgan fingerprint density at radius 2 is 1.74 bits per heavy atom. The lowest BCUT2D eigenvalue weighted by Gasteiger charge is -2.43. The summed E-state index contributed by atoms with van der Waals surface area (Å²) in [5, 5.41) is 29.7. The number of nitriles is 3. The highest BCUT2D eigenvalue weighted by molar-refractivity contribution is 7.99. The zero-order valence-corrected chi connectivity index (χ0v) is 15.8. The van der Waals surface area contributed by atoms with Crippen molar-refractivity contribution in [1.82, 2.24) is 0 Å². The Labute approximate surface area is 162 Å². The van der Waals surface area contributed by atoms with Crippen LogP contribution in [-0.2, 0) is 0 Å². The molecule has 0 spiro atoms. The molecule has 7 heteroatoms. The lowest BCUT2D eigenvalue weighted by Crippen LogP contribution is -2.43. The molecule has 3 rings (SSSR count). The van der Waals surface area contributed by atoms with Crippen LogP contribution in [0.5, 0.6) is 11.5 Å². The number of allylic oxidation sites excluding steroid dienone is 3. The van der Waals surface area contributed by atoms with Gasteiger partial charge in [-0.3, -0.25) is 0 Å². The smallest absolute Gasteiger partial charge is 0.191 e. The predicted octanol–water partition coefficient (Wildman–Crippen LogP) is 2.86. The number of nitrogens with zero attached hydrogens (tertiary/aromatic N) is 3. The Bertz CT molecular complexity index is 925. The summed E-state index contributed by atoms with van der Waals surface area (Å²) >= 11 is 1.70. The van der Waals surface area contributed by atoms with Crippen LogP contribution in [0.1, 0.15) is 11.5 Å². The number of fused-ring (bicyclic) bond motifs is 1. The van der Waals surface area contributed by atoms with Crippen LogP contribution in [0.4, 0.5) is 0 Å². The van der Waals surface area contributed by atoms with E-state index in [1.165, 1.54) is 0 Å². The highest BCUT2D eigenvalue weighted by Gasteiger charge is 2.54. The van der Waals surface area contributed by atoms with Crippen LogP contribution >= 0.6 is 11.8 Å². The molecule has 6 nitrogen and oxygen atoms in total. The van der Waals surface area contributed by atoms with Gasteiger partial charge in [0.1, 0.15) is 17.6 Å². The topological polar surface area (TPSA) is 116 Å². The first-order valence-electron chi connectivity index (χ1n) is 8.30. The fraction of sp³-hybridized carbons (Fsp3) is 0.350. The second kappa shape index (κ2) is 7.27. The van der Waals surface area contributed by atoms with Gasteiger partial charge in [-0.25, -0.2) is 0 Å². The van der Waals surface area contributed by atoms with Crippen molar-refractivity contribution in [2.75, 3.05) is 25.7 Å². The monoisotopic (exact) mass is 378 g/mol. The van der Waals surface area contributed by atoms with E-state index in [9.17, 15) is 15.8 Å². The molecule has 0 aromatic heterocycles. The van der Waals surface area contributed by atoms with Gasteiger partial charge in [-0.2, -0.15) is 27.5 Å². The lowest BCUT2D eigenvalue weighted by molar-refractivity contribution is 0.358. The molecule has 1 heterocycles. The van der Waals surface area contributed by atoms with Crippen molar-refractivity contribution in [3.63, 3.8) is 0 Å². The van der Waals surface area contributed by atoms with Gasteiger partial charge in [0.15, 0.2) is 5.41 Å².